The Labute approximate surface area is 177 Å². The lowest BCUT2D eigenvalue weighted by Gasteiger charge is -2.27. The van der Waals surface area contributed by atoms with Crippen LogP contribution in [0.4, 0.5) is 0 Å². The van der Waals surface area contributed by atoms with E-state index in [-0.39, 0.29) is 17.0 Å². The number of rotatable bonds is 6. The predicted octanol–water partition coefficient (Wildman–Crippen LogP) is 2.85. The fraction of sp³-hybridized carbons (Fsp3) is 0.136. The molecule has 2 amide bonds. The zero-order valence-corrected chi connectivity index (χ0v) is 17.2. The van der Waals surface area contributed by atoms with E-state index in [2.05, 4.69) is 0 Å². The Kier molecular flexibility index (Phi) is 5.08. The van der Waals surface area contributed by atoms with Crippen LogP contribution in [0.3, 0.4) is 0 Å². The molecule has 0 fully saturated rings. The summed E-state index contributed by atoms with van der Waals surface area (Å²) in [7, 11) is -4.30. The van der Waals surface area contributed by atoms with Crippen molar-refractivity contribution >= 4 is 38.7 Å². The quantitative estimate of drug-likeness (QED) is 0.463. The number of carboxylic acids is 1. The minimum atomic E-state index is -4.30. The molecule has 4 rings (SSSR count). The minimum Gasteiger partial charge on any atom is -0.478 e. The average Bonchev–Trinajstić information content (AvgIpc) is 2.74. The van der Waals surface area contributed by atoms with Crippen LogP contribution >= 0.6 is 0 Å². The number of carboxylic acid groups (broad SMARTS) is 1. The molecule has 1 N–H and O–H groups in total. The van der Waals surface area contributed by atoms with Gasteiger partial charge in [-0.1, -0.05) is 30.3 Å². The molecule has 0 unspecified atom stereocenters. The molecule has 0 aliphatic carbocycles. The lowest BCUT2D eigenvalue weighted by Crippen LogP contribution is -2.42. The third-order valence-electron chi connectivity index (χ3n) is 5.11. The maximum atomic E-state index is 12.8. The van der Waals surface area contributed by atoms with Crippen molar-refractivity contribution in [2.45, 2.75) is 11.8 Å². The van der Waals surface area contributed by atoms with Crippen molar-refractivity contribution in [1.29, 1.82) is 0 Å². The van der Waals surface area contributed by atoms with Gasteiger partial charge in [0.05, 0.1) is 23.6 Å². The maximum absolute atomic E-state index is 12.8. The van der Waals surface area contributed by atoms with Gasteiger partial charge in [-0.05, 0) is 42.1 Å². The average molecular weight is 439 g/mol. The van der Waals surface area contributed by atoms with Gasteiger partial charge in [-0.15, -0.1) is 0 Å². The number of carbonyl (C=O) groups excluding carboxylic acids is 2. The van der Waals surface area contributed by atoms with E-state index in [1.807, 2.05) is 12.1 Å². The smallest absolute Gasteiger partial charge is 0.335 e. The van der Waals surface area contributed by atoms with Gasteiger partial charge in [0.25, 0.3) is 21.9 Å². The fourth-order valence-corrected chi connectivity index (χ4v) is 4.74. The Morgan fingerprint density at radius 3 is 2.19 bits per heavy atom. The highest BCUT2D eigenvalue weighted by atomic mass is 32.2. The second-order valence-corrected chi connectivity index (χ2v) is 8.62. The molecule has 3 aromatic rings. The molecule has 0 radical (unpaired) electrons. The highest BCUT2D eigenvalue weighted by Crippen LogP contribution is 2.30. The van der Waals surface area contributed by atoms with Crippen LogP contribution in [0.2, 0.25) is 0 Å². The predicted molar refractivity (Wildman–Crippen MR) is 111 cm³/mol. The molecule has 158 valence electrons. The number of imide groups is 1. The third-order valence-corrected chi connectivity index (χ3v) is 6.57. The van der Waals surface area contributed by atoms with E-state index in [0.29, 0.717) is 22.1 Å². The first-order valence-corrected chi connectivity index (χ1v) is 10.7. The SMILES string of the molecule is Cc1ccc(C(=O)O)cc1S(=O)(=O)OCCN1C(=O)c2cccc3cccc(c23)C1=O. The first-order chi connectivity index (χ1) is 14.7. The zero-order chi connectivity index (χ0) is 22.3. The number of hydrogen-bond acceptors (Lipinski definition) is 6. The lowest BCUT2D eigenvalue weighted by molar-refractivity contribution is 0.0586. The highest BCUT2D eigenvalue weighted by Gasteiger charge is 2.33. The zero-order valence-electron chi connectivity index (χ0n) is 16.4. The molecule has 0 saturated carbocycles. The van der Waals surface area contributed by atoms with Crippen molar-refractivity contribution in [3.8, 4) is 0 Å². The molecule has 9 heteroatoms. The van der Waals surface area contributed by atoms with Crippen LogP contribution in [-0.4, -0.2) is 49.4 Å². The van der Waals surface area contributed by atoms with Crippen LogP contribution in [0, 0.1) is 6.92 Å². The summed E-state index contributed by atoms with van der Waals surface area (Å²) in [4.78, 5) is 37.5. The molecule has 1 heterocycles. The summed E-state index contributed by atoms with van der Waals surface area (Å²) in [6.07, 6.45) is 0. The Morgan fingerprint density at radius 1 is 1.00 bits per heavy atom. The summed E-state index contributed by atoms with van der Waals surface area (Å²) in [5.74, 6) is -2.33. The molecule has 1 aliphatic rings. The van der Waals surface area contributed by atoms with Gasteiger partial charge >= 0.3 is 5.97 Å². The number of hydrogen-bond donors (Lipinski definition) is 1. The largest absolute Gasteiger partial charge is 0.478 e. The molecule has 3 aromatic carbocycles. The Bertz CT molecular complexity index is 1310. The molecule has 0 bridgehead atoms. The van der Waals surface area contributed by atoms with Gasteiger partial charge < -0.3 is 5.11 Å². The van der Waals surface area contributed by atoms with Gasteiger partial charge in [-0.2, -0.15) is 8.42 Å². The second kappa shape index (κ2) is 7.60. The van der Waals surface area contributed by atoms with Crippen LogP contribution in [0.25, 0.3) is 10.8 Å². The van der Waals surface area contributed by atoms with Gasteiger partial charge in [0.2, 0.25) is 0 Å². The highest BCUT2D eigenvalue weighted by molar-refractivity contribution is 7.86. The molecule has 31 heavy (non-hydrogen) atoms. The van der Waals surface area contributed by atoms with Gasteiger partial charge in [0, 0.05) is 16.5 Å². The maximum Gasteiger partial charge on any atom is 0.335 e. The van der Waals surface area contributed by atoms with Crippen molar-refractivity contribution in [2.75, 3.05) is 13.2 Å². The summed E-state index contributed by atoms with van der Waals surface area (Å²) < 4.78 is 30.2. The number of amides is 2. The van der Waals surface area contributed by atoms with Gasteiger partial charge in [0.1, 0.15) is 0 Å². The first kappa shape index (κ1) is 20.7. The van der Waals surface area contributed by atoms with Crippen molar-refractivity contribution in [3.63, 3.8) is 0 Å². The Morgan fingerprint density at radius 2 is 1.61 bits per heavy atom. The second-order valence-electron chi connectivity index (χ2n) is 7.03. The molecule has 8 nitrogen and oxygen atoms in total. The van der Waals surface area contributed by atoms with Crippen LogP contribution in [0.15, 0.2) is 59.5 Å². The molecular formula is C22H17NO7S. The Hall–Kier alpha value is -3.56. The number of aryl methyl sites for hydroxylation is 1. The molecule has 1 aliphatic heterocycles. The van der Waals surface area contributed by atoms with E-state index in [0.717, 1.165) is 16.4 Å². The van der Waals surface area contributed by atoms with Crippen molar-refractivity contribution in [1.82, 2.24) is 4.90 Å². The van der Waals surface area contributed by atoms with Crippen LogP contribution in [0.1, 0.15) is 36.6 Å². The molecular weight excluding hydrogens is 422 g/mol. The van der Waals surface area contributed by atoms with E-state index in [1.165, 1.54) is 19.1 Å². The summed E-state index contributed by atoms with van der Waals surface area (Å²) >= 11 is 0. The molecule has 0 saturated heterocycles. The summed E-state index contributed by atoms with van der Waals surface area (Å²) in [6, 6.07) is 14.0. The fourth-order valence-electron chi connectivity index (χ4n) is 3.59. The van der Waals surface area contributed by atoms with E-state index in [4.69, 9.17) is 9.29 Å². The number of benzene rings is 3. The molecule has 0 atom stereocenters. The van der Waals surface area contributed by atoms with Crippen molar-refractivity contribution < 1.29 is 32.1 Å². The molecule has 0 spiro atoms. The van der Waals surface area contributed by atoms with Crippen molar-refractivity contribution in [2.24, 2.45) is 0 Å². The van der Waals surface area contributed by atoms with Crippen LogP contribution < -0.4 is 0 Å². The van der Waals surface area contributed by atoms with Gasteiger partial charge in [0.15, 0.2) is 0 Å². The summed E-state index contributed by atoms with van der Waals surface area (Å²) in [5, 5.41) is 10.4. The number of carbonyl (C=O) groups is 3. The van der Waals surface area contributed by atoms with Gasteiger partial charge in [-0.3, -0.25) is 18.7 Å². The van der Waals surface area contributed by atoms with Crippen molar-refractivity contribution in [3.05, 3.63) is 76.9 Å². The lowest BCUT2D eigenvalue weighted by atomic mass is 9.94. The standard InChI is InChI=1S/C22H17NO7S/c1-13-8-9-15(22(26)27)12-18(13)31(28,29)30-11-10-23-20(24)16-6-2-4-14-5-3-7-17(19(14)16)21(23)25/h2-9,12H,10-11H2,1H3,(H,26,27). The number of nitrogens with zero attached hydrogens (tertiary/aromatic N) is 1. The van der Waals surface area contributed by atoms with Gasteiger partial charge in [-0.25, -0.2) is 4.79 Å². The first-order valence-electron chi connectivity index (χ1n) is 9.32. The summed E-state index contributed by atoms with van der Waals surface area (Å²) in [6.45, 7) is 0.769. The molecule has 0 aromatic heterocycles. The van der Waals surface area contributed by atoms with Crippen LogP contribution in [-0.2, 0) is 14.3 Å². The normalized spacial score (nSPS) is 13.6. The van der Waals surface area contributed by atoms with E-state index < -0.39 is 34.5 Å². The van der Waals surface area contributed by atoms with E-state index in [9.17, 15) is 22.8 Å². The van der Waals surface area contributed by atoms with E-state index >= 15 is 0 Å². The van der Waals surface area contributed by atoms with E-state index in [1.54, 1.807) is 24.3 Å². The third kappa shape index (κ3) is 3.58. The topological polar surface area (TPSA) is 118 Å². The monoisotopic (exact) mass is 439 g/mol. The van der Waals surface area contributed by atoms with Crippen LogP contribution in [0.5, 0.6) is 0 Å². The summed E-state index contributed by atoms with van der Waals surface area (Å²) in [5.41, 5.74) is 0.843. The minimum absolute atomic E-state index is 0.195. The number of aromatic carboxylic acids is 1. The Balaban J connectivity index is 1.55.